The van der Waals surface area contributed by atoms with Crippen LogP contribution in [0.1, 0.15) is 50.7 Å². The van der Waals surface area contributed by atoms with E-state index in [-0.39, 0.29) is 11.7 Å². The van der Waals surface area contributed by atoms with Crippen LogP contribution in [-0.2, 0) is 11.2 Å². The Bertz CT molecular complexity index is 633. The molecule has 0 bridgehead atoms. The van der Waals surface area contributed by atoms with Crippen molar-refractivity contribution in [3.05, 3.63) is 29.1 Å². The number of rotatable bonds is 2. The Morgan fingerprint density at radius 2 is 2.14 bits per heavy atom. The Labute approximate surface area is 123 Å². The number of carbonyl (C=O) groups excluding carboxylic acids is 1. The molecule has 1 aliphatic heterocycles. The summed E-state index contributed by atoms with van der Waals surface area (Å²) < 4.78 is 13.8. The van der Waals surface area contributed by atoms with E-state index in [2.05, 4.69) is 15.8 Å². The SMILES string of the molecule is CC(=O)N/N=C1\Cc2c(cc(F)cc2C2CC2)NC1(C)C. The van der Waals surface area contributed by atoms with Gasteiger partial charge in [0.15, 0.2) is 0 Å². The highest BCUT2D eigenvalue weighted by Gasteiger charge is 2.36. The smallest absolute Gasteiger partial charge is 0.236 e. The number of anilines is 1. The molecule has 2 N–H and O–H groups in total. The average Bonchev–Trinajstić information content (AvgIpc) is 3.18. The second-order valence-electron chi connectivity index (χ2n) is 6.45. The number of nitrogens with one attached hydrogen (secondary N) is 2. The fourth-order valence-electron chi connectivity index (χ4n) is 2.85. The van der Waals surface area contributed by atoms with E-state index in [0.29, 0.717) is 12.3 Å². The number of carbonyl (C=O) groups is 1. The van der Waals surface area contributed by atoms with Crippen LogP contribution in [0.5, 0.6) is 0 Å². The number of benzene rings is 1. The zero-order chi connectivity index (χ0) is 15.2. The van der Waals surface area contributed by atoms with Gasteiger partial charge in [0.1, 0.15) is 5.82 Å². The zero-order valence-electron chi connectivity index (χ0n) is 12.6. The maximum absolute atomic E-state index is 13.8. The largest absolute Gasteiger partial charge is 0.374 e. The van der Waals surface area contributed by atoms with E-state index in [1.807, 2.05) is 13.8 Å². The first-order chi connectivity index (χ1) is 9.87. The van der Waals surface area contributed by atoms with Crippen LogP contribution in [0.3, 0.4) is 0 Å². The number of amides is 1. The fraction of sp³-hybridized carbons (Fsp3) is 0.500. The predicted molar refractivity (Wildman–Crippen MR) is 81.0 cm³/mol. The monoisotopic (exact) mass is 289 g/mol. The molecule has 112 valence electrons. The van der Waals surface area contributed by atoms with Crippen molar-refractivity contribution in [2.24, 2.45) is 5.10 Å². The van der Waals surface area contributed by atoms with Crippen molar-refractivity contribution >= 4 is 17.3 Å². The molecule has 0 unspecified atom stereocenters. The molecule has 1 saturated carbocycles. The molecular weight excluding hydrogens is 269 g/mol. The van der Waals surface area contributed by atoms with E-state index in [0.717, 1.165) is 35.4 Å². The van der Waals surface area contributed by atoms with E-state index in [1.165, 1.54) is 6.92 Å². The highest BCUT2D eigenvalue weighted by Crippen LogP contribution is 2.45. The lowest BCUT2D eigenvalue weighted by molar-refractivity contribution is -0.118. The van der Waals surface area contributed by atoms with E-state index < -0.39 is 5.54 Å². The van der Waals surface area contributed by atoms with Crippen LogP contribution in [0.4, 0.5) is 10.1 Å². The quantitative estimate of drug-likeness (QED) is 0.822. The molecule has 2 aliphatic rings. The Balaban J connectivity index is 2.02. The summed E-state index contributed by atoms with van der Waals surface area (Å²) in [4.78, 5) is 11.1. The summed E-state index contributed by atoms with van der Waals surface area (Å²) >= 11 is 0. The normalized spacial score (nSPS) is 21.6. The molecule has 3 rings (SSSR count). The molecule has 0 saturated heterocycles. The lowest BCUT2D eigenvalue weighted by Gasteiger charge is -2.36. The fourth-order valence-corrected chi connectivity index (χ4v) is 2.85. The first kappa shape index (κ1) is 14.0. The van der Waals surface area contributed by atoms with E-state index in [4.69, 9.17) is 0 Å². The molecule has 1 aromatic rings. The van der Waals surface area contributed by atoms with E-state index in [1.54, 1.807) is 12.1 Å². The van der Waals surface area contributed by atoms with Crippen LogP contribution in [0, 0.1) is 5.82 Å². The molecular formula is C16H20FN3O. The van der Waals surface area contributed by atoms with Crippen LogP contribution in [0.15, 0.2) is 17.2 Å². The van der Waals surface area contributed by atoms with Gasteiger partial charge in [-0.2, -0.15) is 5.10 Å². The molecule has 0 spiro atoms. The number of halogens is 1. The van der Waals surface area contributed by atoms with Gasteiger partial charge in [0.2, 0.25) is 5.91 Å². The summed E-state index contributed by atoms with van der Waals surface area (Å²) in [6.07, 6.45) is 2.89. The second kappa shape index (κ2) is 4.83. The molecule has 0 atom stereocenters. The summed E-state index contributed by atoms with van der Waals surface area (Å²) in [7, 11) is 0. The molecule has 4 nitrogen and oxygen atoms in total. The predicted octanol–water partition coefficient (Wildman–Crippen LogP) is 2.94. The van der Waals surface area contributed by atoms with Crippen molar-refractivity contribution in [3.8, 4) is 0 Å². The van der Waals surface area contributed by atoms with Gasteiger partial charge in [0.25, 0.3) is 0 Å². The zero-order valence-corrected chi connectivity index (χ0v) is 12.6. The molecule has 1 aliphatic carbocycles. The number of hydrogen-bond donors (Lipinski definition) is 2. The minimum Gasteiger partial charge on any atom is -0.374 e. The van der Waals surface area contributed by atoms with Gasteiger partial charge in [-0.1, -0.05) is 0 Å². The molecule has 1 amide bonds. The summed E-state index contributed by atoms with van der Waals surface area (Å²) in [5, 5.41) is 7.59. The molecule has 0 radical (unpaired) electrons. The van der Waals surface area contributed by atoms with Crippen molar-refractivity contribution in [2.45, 2.75) is 51.5 Å². The van der Waals surface area contributed by atoms with Gasteiger partial charge < -0.3 is 5.32 Å². The highest BCUT2D eigenvalue weighted by molar-refractivity contribution is 6.01. The number of fused-ring (bicyclic) bond motifs is 1. The van der Waals surface area contributed by atoms with Crippen LogP contribution in [0.25, 0.3) is 0 Å². The molecule has 1 aromatic carbocycles. The Morgan fingerprint density at radius 3 is 2.76 bits per heavy atom. The highest BCUT2D eigenvalue weighted by atomic mass is 19.1. The summed E-state index contributed by atoms with van der Waals surface area (Å²) in [5.74, 6) is 0.0892. The Kier molecular flexibility index (Phi) is 3.23. The molecule has 1 fully saturated rings. The maximum atomic E-state index is 13.8. The first-order valence-electron chi connectivity index (χ1n) is 7.31. The van der Waals surface area contributed by atoms with Crippen LogP contribution in [-0.4, -0.2) is 17.2 Å². The Morgan fingerprint density at radius 1 is 1.43 bits per heavy atom. The molecule has 5 heteroatoms. The third kappa shape index (κ3) is 2.77. The summed E-state index contributed by atoms with van der Waals surface area (Å²) in [5.41, 5.74) is 6.01. The summed E-state index contributed by atoms with van der Waals surface area (Å²) in [6.45, 7) is 5.41. The van der Waals surface area contributed by atoms with Crippen LogP contribution >= 0.6 is 0 Å². The van der Waals surface area contributed by atoms with E-state index in [9.17, 15) is 9.18 Å². The third-order valence-corrected chi connectivity index (χ3v) is 4.13. The van der Waals surface area contributed by atoms with Gasteiger partial charge in [-0.05, 0) is 55.9 Å². The van der Waals surface area contributed by atoms with Gasteiger partial charge >= 0.3 is 0 Å². The van der Waals surface area contributed by atoms with Gasteiger partial charge in [0.05, 0.1) is 11.3 Å². The number of hydrazone groups is 1. The van der Waals surface area contributed by atoms with Crippen LogP contribution in [0.2, 0.25) is 0 Å². The van der Waals surface area contributed by atoms with Gasteiger partial charge in [-0.3, -0.25) is 4.79 Å². The Hall–Kier alpha value is -1.91. The van der Waals surface area contributed by atoms with Crippen LogP contribution < -0.4 is 10.7 Å². The van der Waals surface area contributed by atoms with Crippen molar-refractivity contribution in [1.29, 1.82) is 0 Å². The standard InChI is InChI=1S/C16H20FN3O/c1-9(21)19-20-15-8-13-12(10-4-5-10)6-11(17)7-14(13)18-16(15,2)3/h6-7,10,18H,4-5,8H2,1-3H3,(H,19,21)/b20-15+. The topological polar surface area (TPSA) is 53.5 Å². The van der Waals surface area contributed by atoms with Crippen molar-refractivity contribution in [2.75, 3.05) is 5.32 Å². The van der Waals surface area contributed by atoms with Gasteiger partial charge in [-0.15, -0.1) is 0 Å². The first-order valence-corrected chi connectivity index (χ1v) is 7.31. The molecule has 1 heterocycles. The van der Waals surface area contributed by atoms with Gasteiger partial charge in [-0.25, -0.2) is 9.82 Å². The molecule has 21 heavy (non-hydrogen) atoms. The third-order valence-electron chi connectivity index (χ3n) is 4.13. The van der Waals surface area contributed by atoms with Gasteiger partial charge in [0, 0.05) is 19.0 Å². The maximum Gasteiger partial charge on any atom is 0.236 e. The summed E-state index contributed by atoms with van der Waals surface area (Å²) in [6, 6.07) is 3.20. The second-order valence-corrected chi connectivity index (χ2v) is 6.45. The number of hydrogen-bond acceptors (Lipinski definition) is 3. The van der Waals surface area contributed by atoms with Crippen molar-refractivity contribution in [1.82, 2.24) is 5.43 Å². The number of nitrogens with zero attached hydrogens (tertiary/aromatic N) is 1. The lowest BCUT2D eigenvalue weighted by atomic mass is 9.84. The van der Waals surface area contributed by atoms with Crippen molar-refractivity contribution in [3.63, 3.8) is 0 Å². The van der Waals surface area contributed by atoms with E-state index >= 15 is 0 Å². The molecule has 0 aromatic heterocycles. The lowest BCUT2D eigenvalue weighted by Crippen LogP contribution is -2.46. The minimum atomic E-state index is -0.413. The average molecular weight is 289 g/mol. The minimum absolute atomic E-state index is 0.189. The van der Waals surface area contributed by atoms with Crippen molar-refractivity contribution < 1.29 is 9.18 Å².